The van der Waals surface area contributed by atoms with E-state index in [9.17, 15) is 9.90 Å². The number of aromatic hydroxyl groups is 1. The van der Waals surface area contributed by atoms with Crippen molar-refractivity contribution in [1.29, 1.82) is 0 Å². The van der Waals surface area contributed by atoms with Crippen LogP contribution in [0.15, 0.2) is 36.4 Å². The highest BCUT2D eigenvalue weighted by Crippen LogP contribution is 2.38. The Morgan fingerprint density at radius 3 is 1.74 bits per heavy atom. The van der Waals surface area contributed by atoms with E-state index < -0.39 is 12.7 Å². The van der Waals surface area contributed by atoms with Gasteiger partial charge in [0.25, 0.3) is 0 Å². The Kier molecular flexibility index (Phi) is 12.1. The number of piperidine rings is 1. The maximum absolute atomic E-state index is 12.2. The number of amides is 1. The van der Waals surface area contributed by atoms with E-state index in [2.05, 4.69) is 40.7 Å². The van der Waals surface area contributed by atoms with Crippen LogP contribution in [0, 0.1) is 19.8 Å². The highest BCUT2D eigenvalue weighted by Gasteiger charge is 2.53. The number of nitrogens with zero attached hydrogens (tertiary/aromatic N) is 1. The summed E-state index contributed by atoms with van der Waals surface area (Å²) in [7, 11) is -0.791. The molecule has 3 fully saturated rings. The van der Waals surface area contributed by atoms with Crippen LogP contribution in [0.2, 0.25) is 0 Å². The summed E-state index contributed by atoms with van der Waals surface area (Å²) in [6, 6.07) is 11.5. The molecule has 9 nitrogen and oxygen atoms in total. The average Bonchev–Trinajstić information content (AvgIpc) is 3.36. The average molecular weight is 694 g/mol. The molecule has 0 aromatic heterocycles. The molecule has 0 atom stereocenters. The van der Waals surface area contributed by atoms with E-state index in [0.717, 1.165) is 66.6 Å². The third kappa shape index (κ3) is 9.38. The number of rotatable bonds is 7. The molecule has 50 heavy (non-hydrogen) atoms. The number of hydrogen-bond donors (Lipinski definition) is 1. The van der Waals surface area contributed by atoms with E-state index in [0.29, 0.717) is 12.5 Å². The Hall–Kier alpha value is -2.72. The molecule has 0 unspecified atom stereocenters. The van der Waals surface area contributed by atoms with Gasteiger partial charge < -0.3 is 38.1 Å². The number of phenols is 1. The van der Waals surface area contributed by atoms with Gasteiger partial charge in [-0.05, 0) is 156 Å². The highest BCUT2D eigenvalue weighted by atomic mass is 16.7. The first-order chi connectivity index (χ1) is 23.0. The number of phenolic OH excluding ortho intramolecular Hbond substituents is 1. The van der Waals surface area contributed by atoms with Crippen LogP contribution in [-0.4, -0.2) is 78.0 Å². The van der Waals surface area contributed by atoms with Crippen molar-refractivity contribution in [2.75, 3.05) is 19.7 Å². The van der Waals surface area contributed by atoms with Crippen LogP contribution in [0.5, 0.6) is 11.5 Å². The molecule has 3 heterocycles. The largest absolute Gasteiger partial charge is 0.508 e. The van der Waals surface area contributed by atoms with Crippen LogP contribution >= 0.6 is 0 Å². The van der Waals surface area contributed by atoms with E-state index in [1.54, 1.807) is 6.07 Å². The van der Waals surface area contributed by atoms with Gasteiger partial charge in [-0.1, -0.05) is 24.3 Å². The Balaban J connectivity index is 0.000000276. The molecular weight excluding hydrogens is 632 g/mol. The van der Waals surface area contributed by atoms with Crippen LogP contribution in [0.1, 0.15) is 113 Å². The SMILES string of the molecule is Cc1c(O)cccc1B1OC(C)(C)C(C)(C)O1.Cc1c(OCCCC2CCN(C(=O)OC(C)(C)C)CC2)cccc1B1OC(C)(C)C(C)(C)O1. The number of hydrogen-bond acceptors (Lipinski definition) is 8. The lowest BCUT2D eigenvalue weighted by atomic mass is 9.76. The van der Waals surface area contributed by atoms with Crippen molar-refractivity contribution in [3.63, 3.8) is 0 Å². The second kappa shape index (κ2) is 15.1. The lowest BCUT2D eigenvalue weighted by molar-refractivity contribution is 0.00578. The molecule has 1 amide bonds. The summed E-state index contributed by atoms with van der Waals surface area (Å²) in [5, 5.41) is 9.71. The summed E-state index contributed by atoms with van der Waals surface area (Å²) in [6.07, 6.45) is 3.96. The van der Waals surface area contributed by atoms with Crippen molar-refractivity contribution in [1.82, 2.24) is 4.90 Å². The van der Waals surface area contributed by atoms with Gasteiger partial charge in [-0.25, -0.2) is 4.79 Å². The Morgan fingerprint density at radius 2 is 1.26 bits per heavy atom. The van der Waals surface area contributed by atoms with E-state index in [1.165, 1.54) is 0 Å². The van der Waals surface area contributed by atoms with Gasteiger partial charge in [0, 0.05) is 13.1 Å². The van der Waals surface area contributed by atoms with Gasteiger partial charge in [-0.15, -0.1) is 0 Å². The molecule has 0 radical (unpaired) electrons. The molecule has 0 bridgehead atoms. The summed E-state index contributed by atoms with van der Waals surface area (Å²) < 4.78 is 36.0. The van der Waals surface area contributed by atoms with E-state index in [4.69, 9.17) is 28.1 Å². The molecule has 0 spiro atoms. The second-order valence-corrected chi connectivity index (χ2v) is 17.0. The molecule has 1 N–H and O–H groups in total. The van der Waals surface area contributed by atoms with Crippen molar-refractivity contribution in [3.8, 4) is 11.5 Å². The lowest BCUT2D eigenvalue weighted by Gasteiger charge is -2.33. The molecule has 3 aliphatic rings. The van der Waals surface area contributed by atoms with Gasteiger partial charge in [0.15, 0.2) is 0 Å². The lowest BCUT2D eigenvalue weighted by Crippen LogP contribution is -2.41. The van der Waals surface area contributed by atoms with E-state index >= 15 is 0 Å². The van der Waals surface area contributed by atoms with Crippen LogP contribution in [-0.2, 0) is 23.4 Å². The molecule has 0 aliphatic carbocycles. The maximum Gasteiger partial charge on any atom is 0.495 e. The minimum absolute atomic E-state index is 0.193. The quantitative estimate of drug-likeness (QED) is 0.243. The predicted octanol–water partition coefficient (Wildman–Crippen LogP) is 7.10. The third-order valence-corrected chi connectivity index (χ3v) is 11.0. The van der Waals surface area contributed by atoms with Crippen LogP contribution < -0.4 is 15.7 Å². The monoisotopic (exact) mass is 693 g/mol. The maximum atomic E-state index is 12.2. The van der Waals surface area contributed by atoms with Gasteiger partial charge in [0.1, 0.15) is 17.1 Å². The number of ether oxygens (including phenoxy) is 2. The zero-order valence-electron chi connectivity index (χ0n) is 32.9. The van der Waals surface area contributed by atoms with Gasteiger partial charge in [0.05, 0.1) is 29.0 Å². The molecule has 276 valence electrons. The van der Waals surface area contributed by atoms with E-state index in [-0.39, 0.29) is 41.4 Å². The van der Waals surface area contributed by atoms with Crippen molar-refractivity contribution >= 4 is 31.3 Å². The summed E-state index contributed by atoms with van der Waals surface area (Å²) in [5.74, 6) is 1.80. The fourth-order valence-corrected chi connectivity index (χ4v) is 6.16. The smallest absolute Gasteiger partial charge is 0.495 e. The molecule has 2 aromatic carbocycles. The number of carbonyl (C=O) groups excluding carboxylic acids is 1. The molecular formula is C39H61B2NO8. The zero-order chi connectivity index (χ0) is 37.3. The van der Waals surface area contributed by atoms with E-state index in [1.807, 2.05) is 84.6 Å². The van der Waals surface area contributed by atoms with Crippen LogP contribution in [0.4, 0.5) is 4.79 Å². The summed E-state index contributed by atoms with van der Waals surface area (Å²) in [5.41, 5.74) is 1.94. The van der Waals surface area contributed by atoms with Gasteiger partial charge in [-0.3, -0.25) is 0 Å². The fraction of sp³-hybridized carbons (Fsp3) is 0.667. The third-order valence-electron chi connectivity index (χ3n) is 11.0. The first-order valence-corrected chi connectivity index (χ1v) is 18.2. The minimum atomic E-state index is -0.441. The molecule has 2 aromatic rings. The molecule has 3 saturated heterocycles. The Labute approximate surface area is 302 Å². The van der Waals surface area contributed by atoms with Gasteiger partial charge in [-0.2, -0.15) is 0 Å². The second-order valence-electron chi connectivity index (χ2n) is 17.0. The molecule has 5 rings (SSSR count). The number of benzene rings is 2. The predicted molar refractivity (Wildman–Crippen MR) is 201 cm³/mol. The van der Waals surface area contributed by atoms with Gasteiger partial charge >= 0.3 is 20.3 Å². The molecule has 0 saturated carbocycles. The Bertz CT molecular complexity index is 1440. The fourth-order valence-electron chi connectivity index (χ4n) is 6.16. The number of likely N-dealkylation sites (tertiary alicyclic amines) is 1. The zero-order valence-corrected chi connectivity index (χ0v) is 32.9. The normalized spacial score (nSPS) is 21.1. The van der Waals surface area contributed by atoms with Crippen molar-refractivity contribution < 1.29 is 38.0 Å². The summed E-state index contributed by atoms with van der Waals surface area (Å²) in [4.78, 5) is 14.1. The minimum Gasteiger partial charge on any atom is -0.508 e. The molecule has 11 heteroatoms. The standard InChI is InChI=1S/C26H42BNO5.C13H19BO3/c1-19-21(27-32-25(5,6)26(7,8)33-27)12-9-13-22(19)30-18-10-11-20-14-16-28(17-15-20)23(29)31-24(2,3)4;1-9-10(7-6-8-11(9)15)14-16-12(2,3)13(4,5)17-14/h9,12-13,20H,10-11,14-18H2,1-8H3;6-8,15H,1-5H3. The van der Waals surface area contributed by atoms with Gasteiger partial charge in [0.2, 0.25) is 0 Å². The first-order valence-electron chi connectivity index (χ1n) is 18.2. The number of carbonyl (C=O) groups is 1. The Morgan fingerprint density at radius 1 is 0.800 bits per heavy atom. The highest BCUT2D eigenvalue weighted by molar-refractivity contribution is 6.63. The van der Waals surface area contributed by atoms with Crippen molar-refractivity contribution in [2.24, 2.45) is 5.92 Å². The van der Waals surface area contributed by atoms with Crippen LogP contribution in [0.3, 0.4) is 0 Å². The summed E-state index contributed by atoms with van der Waals surface area (Å²) >= 11 is 0. The molecule has 3 aliphatic heterocycles. The first kappa shape index (κ1) is 40.1. The van der Waals surface area contributed by atoms with Crippen molar-refractivity contribution in [3.05, 3.63) is 47.5 Å². The topological polar surface area (TPSA) is 95.9 Å². The van der Waals surface area contributed by atoms with Crippen LogP contribution in [0.25, 0.3) is 0 Å². The summed E-state index contributed by atoms with van der Waals surface area (Å²) in [6.45, 7) is 28.2. The van der Waals surface area contributed by atoms with Crippen molar-refractivity contribution in [2.45, 2.75) is 144 Å².